The van der Waals surface area contributed by atoms with Crippen LogP contribution < -0.4 is 0 Å². The molecule has 0 N–H and O–H groups in total. The summed E-state index contributed by atoms with van der Waals surface area (Å²) < 4.78 is 5.16. The molecular weight excluding hydrogens is 410 g/mol. The van der Waals surface area contributed by atoms with Gasteiger partial charge in [-0.15, -0.1) is 0 Å². The number of likely N-dealkylation sites (tertiary alicyclic amines) is 1. The summed E-state index contributed by atoms with van der Waals surface area (Å²) in [7, 11) is 0. The molecule has 0 unspecified atom stereocenters. The Balaban J connectivity index is 0.000000176. The minimum absolute atomic E-state index is 0.0224. The second-order valence-electron chi connectivity index (χ2n) is 8.83. The van der Waals surface area contributed by atoms with Gasteiger partial charge in [0.1, 0.15) is 11.9 Å². The van der Waals surface area contributed by atoms with Crippen molar-refractivity contribution in [1.82, 2.24) is 4.90 Å². The van der Waals surface area contributed by atoms with Gasteiger partial charge in [0.05, 0.1) is 12.3 Å². The molecule has 0 amide bonds. The van der Waals surface area contributed by atoms with E-state index >= 15 is 0 Å². The highest BCUT2D eigenvalue weighted by atomic mass is 35.5. The highest BCUT2D eigenvalue weighted by molar-refractivity contribution is 6.30. The van der Waals surface area contributed by atoms with E-state index < -0.39 is 6.10 Å². The molecule has 2 heterocycles. The predicted octanol–water partition coefficient (Wildman–Crippen LogP) is 5.76. The smallest absolute Gasteiger partial charge is 0.307 e. The molecule has 0 saturated carbocycles. The molecule has 2 aliphatic heterocycles. The number of carbonyl (C=O) groups excluding carboxylic acids is 2. The van der Waals surface area contributed by atoms with Crippen LogP contribution in [-0.2, 0) is 20.9 Å². The lowest BCUT2D eigenvalue weighted by atomic mass is 9.92. The van der Waals surface area contributed by atoms with E-state index in [1.807, 2.05) is 0 Å². The first kappa shape index (κ1) is 23.5. The van der Waals surface area contributed by atoms with Gasteiger partial charge in [0.2, 0.25) is 0 Å². The number of piperidine rings is 1. The van der Waals surface area contributed by atoms with Gasteiger partial charge in [-0.1, -0.05) is 60.5 Å². The highest BCUT2D eigenvalue weighted by Crippen LogP contribution is 2.36. The van der Waals surface area contributed by atoms with E-state index in [2.05, 4.69) is 43.0 Å². The number of ether oxygens (including phenoxy) is 1. The monoisotopic (exact) mass is 441 g/mol. The van der Waals surface area contributed by atoms with Crippen LogP contribution in [0.2, 0.25) is 5.02 Å². The molecule has 0 aliphatic carbocycles. The van der Waals surface area contributed by atoms with Crippen molar-refractivity contribution in [3.05, 3.63) is 70.2 Å². The fraction of sp³-hybridized carbons (Fsp3) is 0.462. The quantitative estimate of drug-likeness (QED) is 0.566. The molecule has 4 rings (SSSR count). The predicted molar refractivity (Wildman–Crippen MR) is 124 cm³/mol. The van der Waals surface area contributed by atoms with Crippen LogP contribution in [0.5, 0.6) is 0 Å². The Morgan fingerprint density at radius 1 is 1.06 bits per heavy atom. The number of Topliss-reactive ketones (excluding diaryl/α,β-unsaturated/α-hetero) is 1. The molecule has 0 spiro atoms. The Labute approximate surface area is 190 Å². The Morgan fingerprint density at radius 2 is 1.68 bits per heavy atom. The Morgan fingerprint density at radius 3 is 2.26 bits per heavy atom. The number of aryl methyl sites for hydroxylation is 1. The third kappa shape index (κ3) is 6.91. The number of ketones is 1. The van der Waals surface area contributed by atoms with Crippen LogP contribution in [0.1, 0.15) is 55.9 Å². The standard InChI is InChI=1S/C14H21N.C12H11ClO3/c1-12-3-5-14(6-4-12)11-15-9-7-13(2)8-10-15;1-7(14)10-6-11(15)16-12(10)8-2-4-9(13)5-3-8/h3-6,13H,7-11H2,1-2H3;2-5,10,12H,6H2,1H3/t;10-,12-/m.1/s1. The van der Waals surface area contributed by atoms with Crippen molar-refractivity contribution in [1.29, 1.82) is 0 Å². The summed E-state index contributed by atoms with van der Waals surface area (Å²) in [6.45, 7) is 9.67. The average Bonchev–Trinajstić information content (AvgIpc) is 3.14. The van der Waals surface area contributed by atoms with E-state index in [-0.39, 0.29) is 24.1 Å². The Hall–Kier alpha value is -2.17. The van der Waals surface area contributed by atoms with E-state index in [1.165, 1.54) is 44.0 Å². The maximum absolute atomic E-state index is 11.4. The molecule has 2 aromatic carbocycles. The van der Waals surface area contributed by atoms with Crippen LogP contribution in [0.15, 0.2) is 48.5 Å². The maximum atomic E-state index is 11.4. The van der Waals surface area contributed by atoms with Gasteiger partial charge in [0, 0.05) is 11.6 Å². The number of rotatable bonds is 4. The van der Waals surface area contributed by atoms with Gasteiger partial charge in [-0.05, 0) is 69.0 Å². The zero-order chi connectivity index (χ0) is 22.4. The van der Waals surface area contributed by atoms with Crippen molar-refractivity contribution in [2.24, 2.45) is 11.8 Å². The fourth-order valence-corrected chi connectivity index (χ4v) is 4.17. The van der Waals surface area contributed by atoms with E-state index in [0.29, 0.717) is 5.02 Å². The largest absolute Gasteiger partial charge is 0.457 e. The molecule has 0 aromatic heterocycles. The Bertz CT molecular complexity index is 871. The van der Waals surface area contributed by atoms with Crippen LogP contribution in [0, 0.1) is 18.8 Å². The molecular formula is C26H32ClNO3. The molecule has 2 aromatic rings. The SMILES string of the molecule is CC(=O)[C@H]1CC(=O)O[C@@H]1c1ccc(Cl)cc1.Cc1ccc(CN2CCC(C)CC2)cc1. The normalized spacial score (nSPS) is 21.9. The van der Waals surface area contributed by atoms with E-state index in [4.69, 9.17) is 16.3 Å². The number of hydrogen-bond acceptors (Lipinski definition) is 4. The van der Waals surface area contributed by atoms with Crippen LogP contribution in [-0.4, -0.2) is 29.7 Å². The number of halogens is 1. The first-order chi connectivity index (χ1) is 14.8. The van der Waals surface area contributed by atoms with Crippen LogP contribution in [0.25, 0.3) is 0 Å². The second-order valence-corrected chi connectivity index (χ2v) is 9.26. The third-order valence-electron chi connectivity index (χ3n) is 6.13. The van der Waals surface area contributed by atoms with Crippen molar-refractivity contribution >= 4 is 23.4 Å². The number of hydrogen-bond donors (Lipinski definition) is 0. The van der Waals surface area contributed by atoms with Gasteiger partial charge in [-0.3, -0.25) is 14.5 Å². The van der Waals surface area contributed by atoms with Crippen molar-refractivity contribution in [3.63, 3.8) is 0 Å². The van der Waals surface area contributed by atoms with E-state index in [1.54, 1.807) is 24.3 Å². The Kier molecular flexibility index (Phi) is 8.28. The summed E-state index contributed by atoms with van der Waals surface area (Å²) in [4.78, 5) is 25.2. The molecule has 4 nitrogen and oxygen atoms in total. The number of nitrogens with zero attached hydrogens (tertiary/aromatic N) is 1. The number of esters is 1. The molecule has 5 heteroatoms. The molecule has 166 valence electrons. The summed E-state index contributed by atoms with van der Waals surface area (Å²) in [5.41, 5.74) is 3.62. The van der Waals surface area contributed by atoms with Crippen molar-refractivity contribution < 1.29 is 14.3 Å². The summed E-state index contributed by atoms with van der Waals surface area (Å²) in [6, 6.07) is 15.9. The van der Waals surface area contributed by atoms with Crippen LogP contribution in [0.4, 0.5) is 0 Å². The zero-order valence-corrected chi connectivity index (χ0v) is 19.4. The van der Waals surface area contributed by atoms with E-state index in [0.717, 1.165) is 18.0 Å². The first-order valence-corrected chi connectivity index (χ1v) is 11.4. The van der Waals surface area contributed by atoms with Gasteiger partial charge in [0.25, 0.3) is 0 Å². The third-order valence-corrected chi connectivity index (χ3v) is 6.39. The van der Waals surface area contributed by atoms with Gasteiger partial charge in [0.15, 0.2) is 0 Å². The second kappa shape index (κ2) is 10.9. The number of carbonyl (C=O) groups is 2. The molecule has 2 saturated heterocycles. The van der Waals surface area contributed by atoms with Gasteiger partial charge in [-0.25, -0.2) is 0 Å². The summed E-state index contributed by atoms with van der Waals surface area (Å²) in [5.74, 6) is 0.221. The highest BCUT2D eigenvalue weighted by Gasteiger charge is 2.38. The summed E-state index contributed by atoms with van der Waals surface area (Å²) in [5, 5.41) is 0.618. The lowest BCUT2D eigenvalue weighted by molar-refractivity contribution is -0.141. The van der Waals surface area contributed by atoms with Gasteiger partial charge < -0.3 is 4.74 Å². The molecule has 2 aliphatic rings. The van der Waals surface area contributed by atoms with Crippen LogP contribution in [0.3, 0.4) is 0 Å². The number of cyclic esters (lactones) is 1. The molecule has 31 heavy (non-hydrogen) atoms. The van der Waals surface area contributed by atoms with Gasteiger partial charge >= 0.3 is 5.97 Å². The minimum Gasteiger partial charge on any atom is -0.457 e. The molecule has 0 bridgehead atoms. The topological polar surface area (TPSA) is 46.6 Å². The van der Waals surface area contributed by atoms with E-state index in [9.17, 15) is 9.59 Å². The van der Waals surface area contributed by atoms with Gasteiger partial charge in [-0.2, -0.15) is 0 Å². The van der Waals surface area contributed by atoms with Crippen molar-refractivity contribution in [3.8, 4) is 0 Å². The average molecular weight is 442 g/mol. The van der Waals surface area contributed by atoms with Crippen molar-refractivity contribution in [2.75, 3.05) is 13.1 Å². The number of benzene rings is 2. The first-order valence-electron chi connectivity index (χ1n) is 11.0. The summed E-state index contributed by atoms with van der Waals surface area (Å²) in [6.07, 6.45) is 2.45. The molecule has 0 radical (unpaired) electrons. The fourth-order valence-electron chi connectivity index (χ4n) is 4.04. The lowest BCUT2D eigenvalue weighted by Crippen LogP contribution is -2.32. The molecule has 2 atom stereocenters. The van der Waals surface area contributed by atoms with Crippen LogP contribution >= 0.6 is 11.6 Å². The lowest BCUT2D eigenvalue weighted by Gasteiger charge is -2.30. The zero-order valence-electron chi connectivity index (χ0n) is 18.6. The maximum Gasteiger partial charge on any atom is 0.307 e. The van der Waals surface area contributed by atoms with Crippen molar-refractivity contribution in [2.45, 2.75) is 52.7 Å². The minimum atomic E-state index is -0.456. The summed E-state index contributed by atoms with van der Waals surface area (Å²) >= 11 is 5.77. The molecule has 2 fully saturated rings.